The minimum Gasteiger partial charge on any atom is -0.324 e. The van der Waals surface area contributed by atoms with Gasteiger partial charge in [0.2, 0.25) is 0 Å². The zero-order valence-electron chi connectivity index (χ0n) is 11.1. The maximum atomic E-state index is 6.22. The molecule has 1 atom stereocenters. The Morgan fingerprint density at radius 3 is 2.56 bits per heavy atom. The molecule has 3 heteroatoms. The molecule has 0 spiro atoms. The number of nitrogens with two attached hydrogens (primary N) is 1. The molecule has 0 aliphatic rings. The summed E-state index contributed by atoms with van der Waals surface area (Å²) in [6.07, 6.45) is 8.85. The number of rotatable bonds is 8. The van der Waals surface area contributed by atoms with E-state index in [2.05, 4.69) is 22.9 Å². The van der Waals surface area contributed by atoms with Crippen molar-refractivity contribution in [1.29, 1.82) is 0 Å². The van der Waals surface area contributed by atoms with Gasteiger partial charge in [-0.1, -0.05) is 73.0 Å². The van der Waals surface area contributed by atoms with Crippen LogP contribution >= 0.6 is 27.5 Å². The molecule has 0 saturated heterocycles. The standard InChI is InChI=1S/C15H23BrClN/c1-2-3-4-5-6-7-8-15(18)13-11-12(17)9-10-14(13)16/h9-11,15H,2-8,18H2,1H3. The molecule has 1 rings (SSSR count). The van der Waals surface area contributed by atoms with E-state index >= 15 is 0 Å². The Balaban J connectivity index is 2.31. The van der Waals surface area contributed by atoms with Crippen molar-refractivity contribution in [2.75, 3.05) is 0 Å². The third kappa shape index (κ3) is 5.73. The van der Waals surface area contributed by atoms with Crippen LogP contribution in [0.4, 0.5) is 0 Å². The Labute approximate surface area is 124 Å². The quantitative estimate of drug-likeness (QED) is 0.593. The monoisotopic (exact) mass is 331 g/mol. The molecular formula is C15H23BrClN. The first kappa shape index (κ1) is 16.0. The highest BCUT2D eigenvalue weighted by molar-refractivity contribution is 9.10. The van der Waals surface area contributed by atoms with Crippen LogP contribution in [-0.4, -0.2) is 0 Å². The smallest absolute Gasteiger partial charge is 0.0410 e. The second kappa shape index (κ2) is 8.95. The lowest BCUT2D eigenvalue weighted by Gasteiger charge is -2.14. The van der Waals surface area contributed by atoms with Gasteiger partial charge in [-0.25, -0.2) is 0 Å². The van der Waals surface area contributed by atoms with Crippen molar-refractivity contribution in [3.8, 4) is 0 Å². The predicted molar refractivity (Wildman–Crippen MR) is 84.1 cm³/mol. The van der Waals surface area contributed by atoms with Crippen molar-refractivity contribution < 1.29 is 0 Å². The molecule has 18 heavy (non-hydrogen) atoms. The van der Waals surface area contributed by atoms with Gasteiger partial charge < -0.3 is 5.73 Å². The number of hydrogen-bond acceptors (Lipinski definition) is 1. The molecule has 0 fully saturated rings. The minimum absolute atomic E-state index is 0.0873. The summed E-state index contributed by atoms with van der Waals surface area (Å²) in [5, 5.41) is 0.756. The maximum Gasteiger partial charge on any atom is 0.0410 e. The maximum absolute atomic E-state index is 6.22. The summed E-state index contributed by atoms with van der Waals surface area (Å²) in [5.41, 5.74) is 7.34. The van der Waals surface area contributed by atoms with E-state index in [-0.39, 0.29) is 6.04 Å². The first-order chi connectivity index (χ1) is 8.65. The van der Waals surface area contributed by atoms with Crippen molar-refractivity contribution in [3.05, 3.63) is 33.3 Å². The van der Waals surface area contributed by atoms with E-state index in [0.29, 0.717) is 0 Å². The van der Waals surface area contributed by atoms with Crippen molar-refractivity contribution in [1.82, 2.24) is 0 Å². The molecule has 1 nitrogen and oxygen atoms in total. The molecular weight excluding hydrogens is 310 g/mol. The van der Waals surface area contributed by atoms with Crippen LogP contribution in [0.3, 0.4) is 0 Å². The molecule has 102 valence electrons. The van der Waals surface area contributed by atoms with Gasteiger partial charge in [0.1, 0.15) is 0 Å². The minimum atomic E-state index is 0.0873. The summed E-state index contributed by atoms with van der Waals surface area (Å²) in [6, 6.07) is 5.91. The fourth-order valence-electron chi connectivity index (χ4n) is 2.10. The van der Waals surface area contributed by atoms with E-state index in [1.807, 2.05) is 18.2 Å². The van der Waals surface area contributed by atoms with Crippen molar-refractivity contribution in [2.24, 2.45) is 5.73 Å². The van der Waals surface area contributed by atoms with Crippen LogP contribution < -0.4 is 5.73 Å². The molecule has 1 aromatic rings. The highest BCUT2D eigenvalue weighted by atomic mass is 79.9. The Morgan fingerprint density at radius 1 is 1.17 bits per heavy atom. The molecule has 0 saturated carbocycles. The Bertz CT molecular complexity index is 354. The Hall–Kier alpha value is -0.0500. The van der Waals surface area contributed by atoms with Gasteiger partial charge in [-0.15, -0.1) is 0 Å². The molecule has 0 radical (unpaired) electrons. The van der Waals surface area contributed by atoms with Crippen LogP contribution in [0, 0.1) is 0 Å². The SMILES string of the molecule is CCCCCCCCC(N)c1cc(Cl)ccc1Br. The molecule has 0 aliphatic carbocycles. The van der Waals surface area contributed by atoms with E-state index in [4.69, 9.17) is 17.3 Å². The van der Waals surface area contributed by atoms with Crippen LogP contribution in [-0.2, 0) is 0 Å². The normalized spacial score (nSPS) is 12.7. The molecule has 0 aliphatic heterocycles. The molecule has 0 aromatic heterocycles. The van der Waals surface area contributed by atoms with E-state index in [1.165, 1.54) is 38.5 Å². The highest BCUT2D eigenvalue weighted by Gasteiger charge is 2.10. The Morgan fingerprint density at radius 2 is 1.83 bits per heavy atom. The van der Waals surface area contributed by atoms with Crippen LogP contribution in [0.2, 0.25) is 5.02 Å². The van der Waals surface area contributed by atoms with Gasteiger partial charge in [-0.2, -0.15) is 0 Å². The predicted octanol–water partition coefficient (Wildman–Crippen LogP) is 5.85. The summed E-state index contributed by atoms with van der Waals surface area (Å²) < 4.78 is 1.06. The summed E-state index contributed by atoms with van der Waals surface area (Å²) in [4.78, 5) is 0. The average Bonchev–Trinajstić information content (AvgIpc) is 2.36. The van der Waals surface area contributed by atoms with Crippen LogP contribution in [0.1, 0.15) is 63.5 Å². The molecule has 1 aromatic carbocycles. The molecule has 1 unspecified atom stereocenters. The van der Waals surface area contributed by atoms with Gasteiger partial charge in [0, 0.05) is 15.5 Å². The van der Waals surface area contributed by atoms with Crippen LogP contribution in [0.5, 0.6) is 0 Å². The molecule has 0 heterocycles. The van der Waals surface area contributed by atoms with Crippen LogP contribution in [0.25, 0.3) is 0 Å². The van der Waals surface area contributed by atoms with Gasteiger partial charge in [0.25, 0.3) is 0 Å². The Kier molecular flexibility index (Phi) is 7.96. The van der Waals surface area contributed by atoms with E-state index in [0.717, 1.165) is 21.5 Å². The zero-order valence-corrected chi connectivity index (χ0v) is 13.4. The van der Waals surface area contributed by atoms with Gasteiger partial charge in [0.15, 0.2) is 0 Å². The number of benzene rings is 1. The van der Waals surface area contributed by atoms with E-state index < -0.39 is 0 Å². The summed E-state index contributed by atoms with van der Waals surface area (Å²) in [5.74, 6) is 0. The van der Waals surface area contributed by atoms with E-state index in [9.17, 15) is 0 Å². The largest absolute Gasteiger partial charge is 0.324 e. The van der Waals surface area contributed by atoms with Gasteiger partial charge in [-0.3, -0.25) is 0 Å². The van der Waals surface area contributed by atoms with Gasteiger partial charge in [0.05, 0.1) is 0 Å². The third-order valence-electron chi connectivity index (χ3n) is 3.23. The number of hydrogen-bond donors (Lipinski definition) is 1. The second-order valence-corrected chi connectivity index (χ2v) is 6.12. The summed E-state index contributed by atoms with van der Waals surface area (Å²) in [7, 11) is 0. The first-order valence-electron chi connectivity index (χ1n) is 6.85. The first-order valence-corrected chi connectivity index (χ1v) is 8.02. The lowest BCUT2D eigenvalue weighted by Crippen LogP contribution is -2.10. The van der Waals surface area contributed by atoms with E-state index in [1.54, 1.807) is 0 Å². The topological polar surface area (TPSA) is 26.0 Å². The number of halogens is 2. The lowest BCUT2D eigenvalue weighted by molar-refractivity contribution is 0.546. The van der Waals surface area contributed by atoms with Crippen molar-refractivity contribution in [2.45, 2.75) is 57.9 Å². The fraction of sp³-hybridized carbons (Fsp3) is 0.600. The molecule has 0 bridgehead atoms. The van der Waals surface area contributed by atoms with Crippen molar-refractivity contribution >= 4 is 27.5 Å². The number of unbranched alkanes of at least 4 members (excludes halogenated alkanes) is 5. The molecule has 0 amide bonds. The lowest BCUT2D eigenvalue weighted by atomic mass is 10.0. The van der Waals surface area contributed by atoms with Gasteiger partial charge in [-0.05, 0) is 30.2 Å². The zero-order chi connectivity index (χ0) is 13.4. The summed E-state index contributed by atoms with van der Waals surface area (Å²) >= 11 is 9.54. The molecule has 2 N–H and O–H groups in total. The van der Waals surface area contributed by atoms with Crippen LogP contribution in [0.15, 0.2) is 22.7 Å². The highest BCUT2D eigenvalue weighted by Crippen LogP contribution is 2.28. The third-order valence-corrected chi connectivity index (χ3v) is 4.18. The van der Waals surface area contributed by atoms with Gasteiger partial charge >= 0.3 is 0 Å². The second-order valence-electron chi connectivity index (χ2n) is 4.83. The van der Waals surface area contributed by atoms with Crippen molar-refractivity contribution in [3.63, 3.8) is 0 Å². The average molecular weight is 333 g/mol. The summed E-state index contributed by atoms with van der Waals surface area (Å²) in [6.45, 7) is 2.24. The fourth-order valence-corrected chi connectivity index (χ4v) is 2.82.